The molecule has 24 heavy (non-hydrogen) atoms. The van der Waals surface area contributed by atoms with Crippen molar-refractivity contribution in [2.45, 2.75) is 20.0 Å². The SMILES string of the molecule is Cc1cccc(O[C@@H](C)C(=O)Nc2ccc(NS(C)(=O)=O)cc2)c1. The number of aryl methyl sites for hydroxylation is 1. The van der Waals surface area contributed by atoms with Crippen LogP contribution in [0.4, 0.5) is 11.4 Å². The van der Waals surface area contributed by atoms with Crippen LogP contribution >= 0.6 is 0 Å². The van der Waals surface area contributed by atoms with Crippen molar-refractivity contribution in [3.8, 4) is 5.75 Å². The van der Waals surface area contributed by atoms with Crippen LogP contribution in [-0.4, -0.2) is 26.7 Å². The van der Waals surface area contributed by atoms with E-state index in [9.17, 15) is 13.2 Å². The summed E-state index contributed by atoms with van der Waals surface area (Å²) < 4.78 is 30.3. The molecule has 128 valence electrons. The highest BCUT2D eigenvalue weighted by atomic mass is 32.2. The van der Waals surface area contributed by atoms with Gasteiger partial charge in [-0.25, -0.2) is 8.42 Å². The van der Waals surface area contributed by atoms with Crippen molar-refractivity contribution in [1.82, 2.24) is 0 Å². The first kappa shape index (κ1) is 17.8. The van der Waals surface area contributed by atoms with Crippen LogP contribution in [0.5, 0.6) is 5.75 Å². The fraction of sp³-hybridized carbons (Fsp3) is 0.235. The van der Waals surface area contributed by atoms with Crippen LogP contribution < -0.4 is 14.8 Å². The Morgan fingerprint density at radius 3 is 2.29 bits per heavy atom. The average Bonchev–Trinajstić information content (AvgIpc) is 2.47. The van der Waals surface area contributed by atoms with Gasteiger partial charge in [-0.15, -0.1) is 0 Å². The zero-order chi connectivity index (χ0) is 17.7. The molecule has 0 aliphatic heterocycles. The van der Waals surface area contributed by atoms with E-state index in [-0.39, 0.29) is 5.91 Å². The van der Waals surface area contributed by atoms with Crippen molar-refractivity contribution in [3.63, 3.8) is 0 Å². The molecule has 2 rings (SSSR count). The summed E-state index contributed by atoms with van der Waals surface area (Å²) in [7, 11) is -3.32. The van der Waals surface area contributed by atoms with E-state index in [2.05, 4.69) is 10.0 Å². The molecule has 0 saturated heterocycles. The standard InChI is InChI=1S/C17H20N2O4S/c1-12-5-4-6-16(11-12)23-13(2)17(20)18-14-7-9-15(10-8-14)19-24(3,21)22/h4-11,13,19H,1-3H3,(H,18,20)/t13-/m0/s1. The molecule has 1 amide bonds. The maximum absolute atomic E-state index is 12.2. The van der Waals surface area contributed by atoms with E-state index in [1.807, 2.05) is 25.1 Å². The van der Waals surface area contributed by atoms with Crippen molar-refractivity contribution < 1.29 is 17.9 Å². The lowest BCUT2D eigenvalue weighted by molar-refractivity contribution is -0.122. The number of nitrogens with one attached hydrogen (secondary N) is 2. The first-order valence-electron chi connectivity index (χ1n) is 7.35. The minimum atomic E-state index is -3.32. The van der Waals surface area contributed by atoms with Gasteiger partial charge in [-0.1, -0.05) is 12.1 Å². The normalized spacial score (nSPS) is 12.3. The van der Waals surface area contributed by atoms with Crippen LogP contribution in [0.25, 0.3) is 0 Å². The van der Waals surface area contributed by atoms with Crippen LogP contribution in [0.1, 0.15) is 12.5 Å². The Hall–Kier alpha value is -2.54. The van der Waals surface area contributed by atoms with Crippen LogP contribution in [-0.2, 0) is 14.8 Å². The van der Waals surface area contributed by atoms with Gasteiger partial charge < -0.3 is 10.1 Å². The molecular weight excluding hydrogens is 328 g/mol. The number of sulfonamides is 1. The molecule has 0 fully saturated rings. The van der Waals surface area contributed by atoms with Crippen LogP contribution in [0.2, 0.25) is 0 Å². The fourth-order valence-corrected chi connectivity index (χ4v) is 2.59. The molecule has 7 heteroatoms. The molecule has 0 aromatic heterocycles. The summed E-state index contributed by atoms with van der Waals surface area (Å²) in [5.74, 6) is 0.339. The minimum absolute atomic E-state index is 0.291. The summed E-state index contributed by atoms with van der Waals surface area (Å²) in [5, 5.41) is 2.73. The molecule has 2 aromatic carbocycles. The van der Waals surface area contributed by atoms with Gasteiger partial charge in [0.1, 0.15) is 5.75 Å². The van der Waals surface area contributed by atoms with Gasteiger partial charge in [-0.2, -0.15) is 0 Å². The highest BCUT2D eigenvalue weighted by Crippen LogP contribution is 2.17. The number of carbonyl (C=O) groups is 1. The highest BCUT2D eigenvalue weighted by molar-refractivity contribution is 7.92. The molecule has 0 aliphatic rings. The van der Waals surface area contributed by atoms with Crippen LogP contribution in [0, 0.1) is 6.92 Å². The summed E-state index contributed by atoms with van der Waals surface area (Å²) >= 11 is 0. The van der Waals surface area contributed by atoms with Crippen molar-refractivity contribution >= 4 is 27.3 Å². The van der Waals surface area contributed by atoms with Gasteiger partial charge in [0.2, 0.25) is 10.0 Å². The zero-order valence-corrected chi connectivity index (χ0v) is 14.6. The van der Waals surface area contributed by atoms with E-state index in [4.69, 9.17) is 4.74 Å². The third-order valence-electron chi connectivity index (χ3n) is 3.13. The summed E-state index contributed by atoms with van der Waals surface area (Å²) in [6, 6.07) is 13.8. The zero-order valence-electron chi connectivity index (χ0n) is 13.7. The lowest BCUT2D eigenvalue weighted by atomic mass is 10.2. The maximum Gasteiger partial charge on any atom is 0.265 e. The van der Waals surface area contributed by atoms with Gasteiger partial charge in [0.15, 0.2) is 6.10 Å². The molecule has 0 bridgehead atoms. The Morgan fingerprint density at radius 1 is 1.08 bits per heavy atom. The second-order valence-corrected chi connectivity index (χ2v) is 7.27. The Morgan fingerprint density at radius 2 is 1.71 bits per heavy atom. The van der Waals surface area contributed by atoms with Crippen molar-refractivity contribution in [2.75, 3.05) is 16.3 Å². The molecule has 2 aromatic rings. The van der Waals surface area contributed by atoms with Gasteiger partial charge >= 0.3 is 0 Å². The number of carbonyl (C=O) groups excluding carboxylic acids is 1. The molecule has 2 N–H and O–H groups in total. The predicted molar refractivity (Wildman–Crippen MR) is 94.8 cm³/mol. The van der Waals surface area contributed by atoms with Crippen molar-refractivity contribution in [2.24, 2.45) is 0 Å². The predicted octanol–water partition coefficient (Wildman–Crippen LogP) is 2.77. The van der Waals surface area contributed by atoms with E-state index < -0.39 is 16.1 Å². The maximum atomic E-state index is 12.2. The summed E-state index contributed by atoms with van der Waals surface area (Å²) in [5.41, 5.74) is 2.03. The van der Waals surface area contributed by atoms with Gasteiger partial charge in [0.25, 0.3) is 5.91 Å². The van der Waals surface area contributed by atoms with Gasteiger partial charge in [0.05, 0.1) is 6.26 Å². The summed E-state index contributed by atoms with van der Waals surface area (Å²) in [6.07, 6.45) is 0.410. The van der Waals surface area contributed by atoms with Crippen molar-refractivity contribution in [1.29, 1.82) is 0 Å². The quantitative estimate of drug-likeness (QED) is 0.841. The number of hydrogen-bond acceptors (Lipinski definition) is 4. The number of rotatable bonds is 6. The van der Waals surface area contributed by atoms with E-state index >= 15 is 0 Å². The van der Waals surface area contributed by atoms with Gasteiger partial charge in [-0.05, 0) is 55.8 Å². The Labute approximate surface area is 141 Å². The molecule has 6 nitrogen and oxygen atoms in total. The van der Waals surface area contributed by atoms with E-state index in [1.54, 1.807) is 37.3 Å². The number of benzene rings is 2. The molecule has 1 atom stereocenters. The smallest absolute Gasteiger partial charge is 0.265 e. The van der Waals surface area contributed by atoms with E-state index in [1.165, 1.54) is 0 Å². The molecular formula is C17H20N2O4S. The molecule has 0 aliphatic carbocycles. The number of anilines is 2. The highest BCUT2D eigenvalue weighted by Gasteiger charge is 2.15. The molecule has 0 spiro atoms. The number of hydrogen-bond donors (Lipinski definition) is 2. The Balaban J connectivity index is 1.96. The van der Waals surface area contributed by atoms with Gasteiger partial charge in [-0.3, -0.25) is 9.52 Å². The van der Waals surface area contributed by atoms with Crippen molar-refractivity contribution in [3.05, 3.63) is 54.1 Å². The second kappa shape index (κ2) is 7.35. The summed E-state index contributed by atoms with van der Waals surface area (Å²) in [4.78, 5) is 12.2. The number of amides is 1. The largest absolute Gasteiger partial charge is 0.481 e. The monoisotopic (exact) mass is 348 g/mol. The third-order valence-corrected chi connectivity index (χ3v) is 3.73. The molecule has 0 radical (unpaired) electrons. The van der Waals surface area contributed by atoms with E-state index in [0.29, 0.717) is 17.1 Å². The topological polar surface area (TPSA) is 84.5 Å². The van der Waals surface area contributed by atoms with E-state index in [0.717, 1.165) is 11.8 Å². The average molecular weight is 348 g/mol. The molecule has 0 saturated carbocycles. The third kappa shape index (κ3) is 5.58. The Kier molecular flexibility index (Phi) is 5.46. The molecule has 0 heterocycles. The lowest BCUT2D eigenvalue weighted by Crippen LogP contribution is -2.30. The fourth-order valence-electron chi connectivity index (χ4n) is 2.03. The second-order valence-electron chi connectivity index (χ2n) is 5.52. The molecule has 0 unspecified atom stereocenters. The van der Waals surface area contributed by atoms with Crippen LogP contribution in [0.3, 0.4) is 0 Å². The first-order chi connectivity index (χ1) is 11.2. The van der Waals surface area contributed by atoms with Gasteiger partial charge in [0, 0.05) is 11.4 Å². The summed E-state index contributed by atoms with van der Waals surface area (Å²) in [6.45, 7) is 3.61. The Bertz CT molecular complexity index is 817. The minimum Gasteiger partial charge on any atom is -0.481 e. The number of ether oxygens (including phenoxy) is 1. The van der Waals surface area contributed by atoms with Crippen LogP contribution in [0.15, 0.2) is 48.5 Å². The first-order valence-corrected chi connectivity index (χ1v) is 9.24. The lowest BCUT2D eigenvalue weighted by Gasteiger charge is -2.15.